The van der Waals surface area contributed by atoms with Crippen LogP contribution in [0.3, 0.4) is 0 Å². The van der Waals surface area contributed by atoms with Crippen molar-refractivity contribution in [3.63, 3.8) is 0 Å². The number of nitriles is 1. The number of benzene rings is 2. The molecule has 2 rings (SSSR count). The van der Waals surface area contributed by atoms with Crippen LogP contribution >= 0.6 is 0 Å². The predicted octanol–water partition coefficient (Wildman–Crippen LogP) is 2.27. The van der Waals surface area contributed by atoms with Crippen LogP contribution in [0.2, 0.25) is 0 Å². The average Bonchev–Trinajstić information content (AvgIpc) is 2.53. The SMILES string of the molecule is CNC(=O)c1ccc(N)cc1N(C)c1ccccc1C#N. The van der Waals surface area contributed by atoms with Gasteiger partial charge >= 0.3 is 0 Å². The Kier molecular flexibility index (Phi) is 4.10. The molecule has 2 aromatic carbocycles. The number of carbonyl (C=O) groups excluding carboxylic acids is 1. The van der Waals surface area contributed by atoms with Gasteiger partial charge < -0.3 is 16.0 Å². The minimum Gasteiger partial charge on any atom is -0.399 e. The lowest BCUT2D eigenvalue weighted by Crippen LogP contribution is -2.22. The lowest BCUT2D eigenvalue weighted by Gasteiger charge is -2.23. The Morgan fingerprint density at radius 1 is 1.24 bits per heavy atom. The molecule has 0 saturated carbocycles. The van der Waals surface area contributed by atoms with Gasteiger partial charge in [-0.2, -0.15) is 5.26 Å². The van der Waals surface area contributed by atoms with Crippen LogP contribution in [0.15, 0.2) is 42.5 Å². The van der Waals surface area contributed by atoms with E-state index < -0.39 is 0 Å². The van der Waals surface area contributed by atoms with Crippen molar-refractivity contribution in [3.8, 4) is 6.07 Å². The van der Waals surface area contributed by atoms with Gasteiger partial charge in [0.1, 0.15) is 6.07 Å². The van der Waals surface area contributed by atoms with Gasteiger partial charge in [-0.05, 0) is 30.3 Å². The van der Waals surface area contributed by atoms with Gasteiger partial charge in [0.05, 0.1) is 22.5 Å². The van der Waals surface area contributed by atoms with Gasteiger partial charge in [-0.15, -0.1) is 0 Å². The summed E-state index contributed by atoms with van der Waals surface area (Å²) in [6.07, 6.45) is 0. The summed E-state index contributed by atoms with van der Waals surface area (Å²) < 4.78 is 0. The van der Waals surface area contributed by atoms with Gasteiger partial charge in [0, 0.05) is 19.8 Å². The first-order chi connectivity index (χ1) is 10.1. The van der Waals surface area contributed by atoms with Crippen LogP contribution in [0, 0.1) is 11.3 Å². The normalized spacial score (nSPS) is 9.76. The van der Waals surface area contributed by atoms with Crippen LogP contribution in [0.4, 0.5) is 17.1 Å². The third-order valence-corrected chi connectivity index (χ3v) is 3.24. The number of hydrogen-bond acceptors (Lipinski definition) is 4. The Morgan fingerprint density at radius 3 is 2.62 bits per heavy atom. The van der Waals surface area contributed by atoms with Crippen LogP contribution in [-0.2, 0) is 0 Å². The molecule has 3 N–H and O–H groups in total. The number of nitrogens with two attached hydrogens (primary N) is 1. The van der Waals surface area contributed by atoms with Gasteiger partial charge in [0.25, 0.3) is 5.91 Å². The summed E-state index contributed by atoms with van der Waals surface area (Å²) in [6.45, 7) is 0. The maximum absolute atomic E-state index is 12.0. The van der Waals surface area contributed by atoms with E-state index in [0.717, 1.165) is 5.69 Å². The Balaban J connectivity index is 2.58. The zero-order valence-electron chi connectivity index (χ0n) is 11.9. The fraction of sp³-hybridized carbons (Fsp3) is 0.125. The van der Waals surface area contributed by atoms with E-state index in [4.69, 9.17) is 5.73 Å². The number of nitrogens with one attached hydrogen (secondary N) is 1. The third-order valence-electron chi connectivity index (χ3n) is 3.24. The Bertz CT molecular complexity index is 718. The molecule has 5 nitrogen and oxygen atoms in total. The molecular formula is C16H16N4O. The highest BCUT2D eigenvalue weighted by Gasteiger charge is 2.16. The summed E-state index contributed by atoms with van der Waals surface area (Å²) in [4.78, 5) is 13.8. The van der Waals surface area contributed by atoms with E-state index in [0.29, 0.717) is 22.5 Å². The molecule has 0 bridgehead atoms. The van der Waals surface area contributed by atoms with Crippen LogP contribution in [0.5, 0.6) is 0 Å². The first kappa shape index (κ1) is 14.4. The molecule has 0 atom stereocenters. The molecule has 0 spiro atoms. The van der Waals surface area contributed by atoms with Gasteiger partial charge in [-0.1, -0.05) is 12.1 Å². The highest BCUT2D eigenvalue weighted by Crippen LogP contribution is 2.31. The molecule has 0 aromatic heterocycles. The smallest absolute Gasteiger partial charge is 0.253 e. The van der Waals surface area contributed by atoms with E-state index in [1.165, 1.54) is 0 Å². The van der Waals surface area contributed by atoms with Crippen molar-refractivity contribution in [2.24, 2.45) is 0 Å². The highest BCUT2D eigenvalue weighted by molar-refractivity contribution is 6.01. The number of nitrogen functional groups attached to an aromatic ring is 1. The minimum atomic E-state index is -0.203. The van der Waals surface area contributed by atoms with E-state index in [9.17, 15) is 10.1 Å². The zero-order chi connectivity index (χ0) is 15.4. The van der Waals surface area contributed by atoms with Crippen molar-refractivity contribution in [1.82, 2.24) is 5.32 Å². The quantitative estimate of drug-likeness (QED) is 0.845. The zero-order valence-corrected chi connectivity index (χ0v) is 11.9. The molecule has 0 heterocycles. The Hall–Kier alpha value is -3.00. The van der Waals surface area contributed by atoms with Crippen molar-refractivity contribution >= 4 is 23.0 Å². The molecule has 106 valence electrons. The molecule has 5 heteroatoms. The van der Waals surface area contributed by atoms with Crippen molar-refractivity contribution in [1.29, 1.82) is 5.26 Å². The number of nitrogens with zero attached hydrogens (tertiary/aromatic N) is 2. The maximum Gasteiger partial charge on any atom is 0.253 e. The van der Waals surface area contributed by atoms with Crippen LogP contribution < -0.4 is 16.0 Å². The number of hydrogen-bond donors (Lipinski definition) is 2. The fourth-order valence-corrected chi connectivity index (χ4v) is 2.14. The number of para-hydroxylation sites is 1. The third kappa shape index (κ3) is 2.79. The van der Waals surface area contributed by atoms with Gasteiger partial charge in [-0.25, -0.2) is 0 Å². The molecule has 0 radical (unpaired) electrons. The first-order valence-electron chi connectivity index (χ1n) is 6.43. The summed E-state index contributed by atoms with van der Waals surface area (Å²) in [5.41, 5.74) is 8.79. The molecular weight excluding hydrogens is 264 g/mol. The van der Waals surface area contributed by atoms with Crippen molar-refractivity contribution in [3.05, 3.63) is 53.6 Å². The number of carbonyl (C=O) groups is 1. The Labute approximate surface area is 123 Å². The first-order valence-corrected chi connectivity index (χ1v) is 6.43. The molecule has 21 heavy (non-hydrogen) atoms. The summed E-state index contributed by atoms with van der Waals surface area (Å²) in [7, 11) is 3.38. The molecule has 2 aromatic rings. The largest absolute Gasteiger partial charge is 0.399 e. The molecule has 0 aliphatic rings. The standard InChI is InChI=1S/C16H16N4O/c1-19-16(21)13-8-7-12(18)9-15(13)20(2)14-6-4-3-5-11(14)10-17/h3-9H,18H2,1-2H3,(H,19,21). The average molecular weight is 280 g/mol. The molecule has 0 saturated heterocycles. The second-order valence-electron chi connectivity index (χ2n) is 4.54. The lowest BCUT2D eigenvalue weighted by molar-refractivity contribution is 0.0963. The maximum atomic E-state index is 12.0. The minimum absolute atomic E-state index is 0.203. The van der Waals surface area contributed by atoms with Crippen molar-refractivity contribution in [2.45, 2.75) is 0 Å². The van der Waals surface area contributed by atoms with E-state index in [1.807, 2.05) is 12.1 Å². The fourth-order valence-electron chi connectivity index (χ4n) is 2.14. The Morgan fingerprint density at radius 2 is 1.95 bits per heavy atom. The van der Waals surface area contributed by atoms with Gasteiger partial charge in [-0.3, -0.25) is 4.79 Å². The molecule has 0 unspecified atom stereocenters. The number of anilines is 3. The summed E-state index contributed by atoms with van der Waals surface area (Å²) in [5, 5.41) is 11.8. The number of amides is 1. The topological polar surface area (TPSA) is 82.2 Å². The van der Waals surface area contributed by atoms with E-state index >= 15 is 0 Å². The van der Waals surface area contributed by atoms with Crippen molar-refractivity contribution in [2.75, 3.05) is 24.7 Å². The summed E-state index contributed by atoms with van der Waals surface area (Å²) in [5.74, 6) is -0.203. The van der Waals surface area contributed by atoms with Crippen LogP contribution in [0.1, 0.15) is 15.9 Å². The van der Waals surface area contributed by atoms with Crippen LogP contribution in [0.25, 0.3) is 0 Å². The van der Waals surface area contributed by atoms with Gasteiger partial charge in [0.15, 0.2) is 0 Å². The molecule has 0 aliphatic carbocycles. The summed E-state index contributed by atoms with van der Waals surface area (Å²) >= 11 is 0. The van der Waals surface area contributed by atoms with Crippen molar-refractivity contribution < 1.29 is 4.79 Å². The second kappa shape index (κ2) is 5.97. The molecule has 1 amide bonds. The number of rotatable bonds is 3. The van der Waals surface area contributed by atoms with E-state index in [1.54, 1.807) is 49.3 Å². The van der Waals surface area contributed by atoms with Crippen LogP contribution in [-0.4, -0.2) is 20.0 Å². The predicted molar refractivity (Wildman–Crippen MR) is 83.5 cm³/mol. The van der Waals surface area contributed by atoms with E-state index in [2.05, 4.69) is 11.4 Å². The highest BCUT2D eigenvalue weighted by atomic mass is 16.1. The van der Waals surface area contributed by atoms with E-state index in [-0.39, 0.29) is 5.91 Å². The lowest BCUT2D eigenvalue weighted by atomic mass is 10.1. The molecule has 0 fully saturated rings. The molecule has 0 aliphatic heterocycles. The summed E-state index contributed by atoms with van der Waals surface area (Å²) in [6, 6.07) is 14.4. The monoisotopic (exact) mass is 280 g/mol. The van der Waals surface area contributed by atoms with Gasteiger partial charge in [0.2, 0.25) is 0 Å². The second-order valence-corrected chi connectivity index (χ2v) is 4.54.